The van der Waals surface area contributed by atoms with Gasteiger partial charge in [-0.15, -0.1) is 11.8 Å². The molecule has 2 aliphatic heterocycles. The molecule has 2 saturated heterocycles. The monoisotopic (exact) mass is 379 g/mol. The highest BCUT2D eigenvalue weighted by Gasteiger charge is 2.24. The number of piperidine rings is 1. The molecule has 0 spiro atoms. The van der Waals surface area contributed by atoms with Crippen LogP contribution < -0.4 is 0 Å². The van der Waals surface area contributed by atoms with E-state index in [-0.39, 0.29) is 23.4 Å². The van der Waals surface area contributed by atoms with Gasteiger partial charge in [0.05, 0.1) is 12.3 Å². The van der Waals surface area contributed by atoms with Gasteiger partial charge in [0.15, 0.2) is 0 Å². The van der Waals surface area contributed by atoms with Crippen molar-refractivity contribution >= 4 is 23.6 Å². The number of hydrogen-bond donors (Lipinski definition) is 0. The lowest BCUT2D eigenvalue weighted by molar-refractivity contribution is -0.134. The van der Waals surface area contributed by atoms with Crippen LogP contribution in [0.25, 0.3) is 0 Å². The minimum absolute atomic E-state index is 0.0280. The molecule has 2 aliphatic rings. The van der Waals surface area contributed by atoms with Crippen LogP contribution >= 0.6 is 11.8 Å². The number of rotatable bonds is 5. The van der Waals surface area contributed by atoms with Gasteiger partial charge in [-0.25, -0.2) is 4.39 Å². The highest BCUT2D eigenvalue weighted by molar-refractivity contribution is 8.00. The molecule has 1 aromatic rings. The smallest absolute Gasteiger partial charge is 0.236 e. The standard InChI is InChI=1S/C19H26FN3O2S/c20-16-6-2-3-7-17(16)26-15-19(25)23-12-10-21(11-13-23)14-18(24)22-8-4-1-5-9-22/h2-3,6-7H,1,4-5,8-15H2. The maximum atomic E-state index is 13.6. The molecule has 7 heteroatoms. The van der Waals surface area contributed by atoms with Crippen molar-refractivity contribution in [3.63, 3.8) is 0 Å². The van der Waals surface area contributed by atoms with Crippen LogP contribution in [0.2, 0.25) is 0 Å². The molecule has 2 amide bonds. The van der Waals surface area contributed by atoms with Crippen molar-refractivity contribution in [1.29, 1.82) is 0 Å². The second-order valence-corrected chi connectivity index (χ2v) is 7.83. The minimum Gasteiger partial charge on any atom is -0.342 e. The molecule has 0 N–H and O–H groups in total. The zero-order valence-corrected chi connectivity index (χ0v) is 15.8. The van der Waals surface area contributed by atoms with Crippen LogP contribution in [-0.2, 0) is 9.59 Å². The fourth-order valence-electron chi connectivity index (χ4n) is 3.38. The highest BCUT2D eigenvalue weighted by Crippen LogP contribution is 2.21. The van der Waals surface area contributed by atoms with Crippen molar-refractivity contribution in [1.82, 2.24) is 14.7 Å². The predicted molar refractivity (Wildman–Crippen MR) is 101 cm³/mol. The number of thioether (sulfide) groups is 1. The van der Waals surface area contributed by atoms with Gasteiger partial charge in [0.25, 0.3) is 0 Å². The first kappa shape index (κ1) is 19.2. The number of nitrogens with zero attached hydrogens (tertiary/aromatic N) is 3. The lowest BCUT2D eigenvalue weighted by atomic mass is 10.1. The van der Waals surface area contributed by atoms with Crippen molar-refractivity contribution in [2.45, 2.75) is 24.2 Å². The lowest BCUT2D eigenvalue weighted by Crippen LogP contribution is -2.52. The Kier molecular flexibility index (Phi) is 6.91. The molecular weight excluding hydrogens is 353 g/mol. The van der Waals surface area contributed by atoms with E-state index in [4.69, 9.17) is 0 Å². The van der Waals surface area contributed by atoms with Gasteiger partial charge in [0, 0.05) is 44.2 Å². The van der Waals surface area contributed by atoms with E-state index in [2.05, 4.69) is 4.90 Å². The molecule has 0 aromatic heterocycles. The Labute approximate surface area is 158 Å². The summed E-state index contributed by atoms with van der Waals surface area (Å²) in [7, 11) is 0. The van der Waals surface area contributed by atoms with Crippen LogP contribution in [0.1, 0.15) is 19.3 Å². The summed E-state index contributed by atoms with van der Waals surface area (Å²) >= 11 is 1.24. The predicted octanol–water partition coefficient (Wildman–Crippen LogP) is 2.07. The third-order valence-corrected chi connectivity index (χ3v) is 6.01. The Bertz CT molecular complexity index is 629. The van der Waals surface area contributed by atoms with Crippen LogP contribution in [0, 0.1) is 5.82 Å². The number of halogens is 1. The summed E-state index contributed by atoms with van der Waals surface area (Å²) in [6.07, 6.45) is 3.43. The van der Waals surface area contributed by atoms with E-state index in [1.54, 1.807) is 18.2 Å². The van der Waals surface area contributed by atoms with Gasteiger partial charge in [-0.05, 0) is 31.4 Å². The van der Waals surface area contributed by atoms with Crippen molar-refractivity contribution in [2.24, 2.45) is 0 Å². The van der Waals surface area contributed by atoms with Gasteiger partial charge >= 0.3 is 0 Å². The van der Waals surface area contributed by atoms with Gasteiger partial charge in [0.1, 0.15) is 5.82 Å². The van der Waals surface area contributed by atoms with E-state index in [0.29, 0.717) is 24.5 Å². The SMILES string of the molecule is O=C(CSc1ccccc1F)N1CCN(CC(=O)N2CCCCC2)CC1. The number of carbonyl (C=O) groups is 2. The molecule has 0 aliphatic carbocycles. The van der Waals surface area contributed by atoms with Gasteiger partial charge in [0.2, 0.25) is 11.8 Å². The molecule has 3 rings (SSSR count). The Morgan fingerprint density at radius 3 is 2.23 bits per heavy atom. The van der Waals surface area contributed by atoms with E-state index >= 15 is 0 Å². The van der Waals surface area contributed by atoms with Gasteiger partial charge in [-0.2, -0.15) is 0 Å². The average Bonchev–Trinajstić information content (AvgIpc) is 2.68. The Morgan fingerprint density at radius 2 is 1.54 bits per heavy atom. The Hall–Kier alpha value is -1.60. The molecule has 2 fully saturated rings. The van der Waals surface area contributed by atoms with E-state index < -0.39 is 0 Å². The minimum atomic E-state index is -0.286. The molecular formula is C19H26FN3O2S. The first-order chi connectivity index (χ1) is 12.6. The molecule has 2 heterocycles. The second kappa shape index (κ2) is 9.37. The van der Waals surface area contributed by atoms with Crippen LogP contribution in [-0.4, -0.2) is 78.1 Å². The molecule has 142 valence electrons. The number of amides is 2. The Morgan fingerprint density at radius 1 is 0.885 bits per heavy atom. The van der Waals surface area contributed by atoms with Crippen molar-refractivity contribution in [3.8, 4) is 0 Å². The summed E-state index contributed by atoms with van der Waals surface area (Å²) in [5.41, 5.74) is 0. The van der Waals surface area contributed by atoms with Gasteiger partial charge in [-0.1, -0.05) is 12.1 Å². The summed E-state index contributed by atoms with van der Waals surface area (Å²) in [6.45, 7) is 4.90. The largest absolute Gasteiger partial charge is 0.342 e. The summed E-state index contributed by atoms with van der Waals surface area (Å²) < 4.78 is 13.6. The second-order valence-electron chi connectivity index (χ2n) is 6.82. The molecule has 26 heavy (non-hydrogen) atoms. The van der Waals surface area contributed by atoms with Crippen molar-refractivity contribution in [3.05, 3.63) is 30.1 Å². The summed E-state index contributed by atoms with van der Waals surface area (Å²) in [5.74, 6) is 0.194. The summed E-state index contributed by atoms with van der Waals surface area (Å²) in [6, 6.07) is 6.52. The summed E-state index contributed by atoms with van der Waals surface area (Å²) in [5, 5.41) is 0. The molecule has 0 bridgehead atoms. The topological polar surface area (TPSA) is 43.9 Å². The quantitative estimate of drug-likeness (QED) is 0.735. The van der Waals surface area contributed by atoms with Crippen LogP contribution in [0.4, 0.5) is 4.39 Å². The van der Waals surface area contributed by atoms with Crippen LogP contribution in [0.15, 0.2) is 29.2 Å². The molecule has 0 atom stereocenters. The fourth-order valence-corrected chi connectivity index (χ4v) is 4.22. The first-order valence-corrected chi connectivity index (χ1v) is 10.3. The van der Waals surface area contributed by atoms with E-state index in [0.717, 1.165) is 39.0 Å². The molecule has 5 nitrogen and oxygen atoms in total. The fraction of sp³-hybridized carbons (Fsp3) is 0.579. The highest BCUT2D eigenvalue weighted by atomic mass is 32.2. The first-order valence-electron chi connectivity index (χ1n) is 9.29. The molecule has 0 radical (unpaired) electrons. The van der Waals surface area contributed by atoms with Crippen LogP contribution in [0.3, 0.4) is 0 Å². The van der Waals surface area contributed by atoms with E-state index in [1.807, 2.05) is 9.80 Å². The number of piperazine rings is 1. The van der Waals surface area contributed by atoms with Crippen molar-refractivity contribution < 1.29 is 14.0 Å². The zero-order valence-electron chi connectivity index (χ0n) is 15.0. The normalized spacial score (nSPS) is 18.8. The summed E-state index contributed by atoms with van der Waals surface area (Å²) in [4.78, 5) is 31.1. The molecule has 0 saturated carbocycles. The average molecular weight is 380 g/mol. The van der Waals surface area contributed by atoms with Gasteiger partial charge < -0.3 is 9.80 Å². The third kappa shape index (κ3) is 5.20. The number of benzene rings is 1. The van der Waals surface area contributed by atoms with E-state index in [9.17, 15) is 14.0 Å². The number of likely N-dealkylation sites (tertiary alicyclic amines) is 1. The number of carbonyl (C=O) groups excluding carboxylic acids is 2. The van der Waals surface area contributed by atoms with Gasteiger partial charge in [-0.3, -0.25) is 14.5 Å². The lowest BCUT2D eigenvalue weighted by Gasteiger charge is -2.36. The molecule has 0 unspecified atom stereocenters. The zero-order chi connectivity index (χ0) is 18.4. The maximum absolute atomic E-state index is 13.6. The molecule has 1 aromatic carbocycles. The maximum Gasteiger partial charge on any atom is 0.236 e. The Balaban J connectivity index is 1.39. The van der Waals surface area contributed by atoms with Crippen molar-refractivity contribution in [2.75, 3.05) is 51.6 Å². The van der Waals surface area contributed by atoms with E-state index in [1.165, 1.54) is 24.2 Å². The van der Waals surface area contributed by atoms with Crippen LogP contribution in [0.5, 0.6) is 0 Å². The number of hydrogen-bond acceptors (Lipinski definition) is 4. The third-order valence-electron chi connectivity index (χ3n) is 4.98.